The highest BCUT2D eigenvalue weighted by Gasteiger charge is 2.32. The normalized spacial score (nSPS) is 28.5. The molecule has 0 bridgehead atoms. The van der Waals surface area contributed by atoms with E-state index in [9.17, 15) is 9.59 Å². The molecule has 3 aliphatic rings. The highest BCUT2D eigenvalue weighted by Crippen LogP contribution is 2.29. The fourth-order valence-electron chi connectivity index (χ4n) is 3.39. The van der Waals surface area contributed by atoms with E-state index in [0.717, 1.165) is 38.4 Å². The minimum atomic E-state index is -0.0763. The Bertz CT molecular complexity index is 402. The lowest BCUT2D eigenvalue weighted by Crippen LogP contribution is -2.54. The van der Waals surface area contributed by atoms with Crippen LogP contribution in [0.3, 0.4) is 0 Å². The number of amides is 3. The second-order valence-electron chi connectivity index (χ2n) is 6.67. The van der Waals surface area contributed by atoms with Crippen molar-refractivity contribution in [1.82, 2.24) is 20.4 Å². The van der Waals surface area contributed by atoms with E-state index in [1.807, 2.05) is 0 Å². The van der Waals surface area contributed by atoms with E-state index >= 15 is 0 Å². The van der Waals surface area contributed by atoms with Gasteiger partial charge < -0.3 is 20.4 Å². The van der Waals surface area contributed by atoms with E-state index in [2.05, 4.69) is 15.5 Å². The quantitative estimate of drug-likeness (QED) is 0.798. The van der Waals surface area contributed by atoms with Crippen LogP contribution in [0.25, 0.3) is 0 Å². The minimum Gasteiger partial charge on any atom is -0.344 e. The lowest BCUT2D eigenvalue weighted by atomic mass is 10.0. The van der Waals surface area contributed by atoms with Gasteiger partial charge in [0, 0.05) is 51.2 Å². The summed E-state index contributed by atoms with van der Waals surface area (Å²) >= 11 is 0. The molecule has 21 heavy (non-hydrogen) atoms. The number of carbonyl (C=O) groups is 2. The topological polar surface area (TPSA) is 64.7 Å². The summed E-state index contributed by atoms with van der Waals surface area (Å²) in [7, 11) is 1.79. The molecule has 3 fully saturated rings. The second kappa shape index (κ2) is 6.22. The monoisotopic (exact) mass is 294 g/mol. The van der Waals surface area contributed by atoms with Crippen LogP contribution in [-0.2, 0) is 4.79 Å². The van der Waals surface area contributed by atoms with Crippen LogP contribution < -0.4 is 10.6 Å². The van der Waals surface area contributed by atoms with Crippen molar-refractivity contribution < 1.29 is 9.59 Å². The molecule has 2 N–H and O–H groups in total. The molecule has 118 valence electrons. The summed E-state index contributed by atoms with van der Waals surface area (Å²) in [6.07, 6.45) is 6.08. The summed E-state index contributed by atoms with van der Waals surface area (Å²) in [6, 6.07) is 1.13. The average molecular weight is 294 g/mol. The summed E-state index contributed by atoms with van der Waals surface area (Å²) in [6.45, 7) is 2.83. The molecule has 0 aromatic carbocycles. The predicted octanol–water partition coefficient (Wildman–Crippen LogP) is 0.533. The molecule has 2 heterocycles. The van der Waals surface area contributed by atoms with Gasteiger partial charge in [0.2, 0.25) is 5.91 Å². The van der Waals surface area contributed by atoms with Crippen molar-refractivity contribution in [3.05, 3.63) is 0 Å². The number of carbonyl (C=O) groups excluding carboxylic acids is 2. The van der Waals surface area contributed by atoms with Crippen molar-refractivity contribution in [3.8, 4) is 0 Å². The van der Waals surface area contributed by atoms with Gasteiger partial charge in [0.15, 0.2) is 0 Å². The Morgan fingerprint density at radius 2 is 1.71 bits per heavy atom. The number of hydrogen-bond acceptors (Lipinski definition) is 3. The van der Waals surface area contributed by atoms with Gasteiger partial charge in [-0.05, 0) is 32.1 Å². The number of likely N-dealkylation sites (tertiary alicyclic amines) is 2. The van der Waals surface area contributed by atoms with Crippen LogP contribution in [0.1, 0.15) is 38.5 Å². The molecule has 0 aromatic heterocycles. The molecule has 0 radical (unpaired) electrons. The van der Waals surface area contributed by atoms with Crippen LogP contribution >= 0.6 is 0 Å². The van der Waals surface area contributed by atoms with Crippen molar-refractivity contribution in [2.24, 2.45) is 0 Å². The van der Waals surface area contributed by atoms with Crippen molar-refractivity contribution in [3.63, 3.8) is 0 Å². The van der Waals surface area contributed by atoms with E-state index in [4.69, 9.17) is 0 Å². The van der Waals surface area contributed by atoms with Crippen molar-refractivity contribution >= 4 is 11.9 Å². The number of nitrogens with zero attached hydrogens (tertiary/aromatic N) is 2. The summed E-state index contributed by atoms with van der Waals surface area (Å²) in [4.78, 5) is 27.7. The molecule has 0 aromatic rings. The van der Waals surface area contributed by atoms with Crippen LogP contribution in [0.4, 0.5) is 4.79 Å². The van der Waals surface area contributed by atoms with E-state index < -0.39 is 0 Å². The Labute approximate surface area is 126 Å². The number of likely N-dealkylation sites (N-methyl/N-ethyl adjacent to an activating group) is 1. The van der Waals surface area contributed by atoms with Gasteiger partial charge in [-0.3, -0.25) is 4.79 Å². The largest absolute Gasteiger partial charge is 0.344 e. The summed E-state index contributed by atoms with van der Waals surface area (Å²) in [5.74, 6) is 0.168. The molecule has 6 heteroatoms. The van der Waals surface area contributed by atoms with Crippen LogP contribution in [0.15, 0.2) is 0 Å². The maximum Gasteiger partial charge on any atom is 0.315 e. The lowest BCUT2D eigenvalue weighted by Gasteiger charge is -2.34. The highest BCUT2D eigenvalue weighted by molar-refractivity contribution is 5.78. The molecule has 2 saturated heterocycles. The SMILES string of the molecule is CN1CC(NC(=O)NC2CCN(C3CC3)CC2)CCC1=O. The van der Waals surface area contributed by atoms with Gasteiger partial charge in [0.1, 0.15) is 0 Å². The van der Waals surface area contributed by atoms with Gasteiger partial charge in [0.25, 0.3) is 0 Å². The fourth-order valence-corrected chi connectivity index (χ4v) is 3.39. The van der Waals surface area contributed by atoms with E-state index in [1.165, 1.54) is 12.8 Å². The molecular formula is C15H26N4O2. The van der Waals surface area contributed by atoms with Crippen LogP contribution in [0.5, 0.6) is 0 Å². The van der Waals surface area contributed by atoms with Crippen molar-refractivity contribution in [1.29, 1.82) is 0 Å². The summed E-state index contributed by atoms with van der Waals surface area (Å²) in [5, 5.41) is 6.10. The molecule has 1 unspecified atom stereocenters. The average Bonchev–Trinajstić information content (AvgIpc) is 3.28. The third-order valence-electron chi connectivity index (χ3n) is 4.89. The molecule has 3 rings (SSSR count). The third kappa shape index (κ3) is 3.87. The third-order valence-corrected chi connectivity index (χ3v) is 4.89. The summed E-state index contributed by atoms with van der Waals surface area (Å²) in [5.41, 5.74) is 0. The second-order valence-corrected chi connectivity index (χ2v) is 6.67. The molecule has 2 aliphatic heterocycles. The van der Waals surface area contributed by atoms with E-state index in [0.29, 0.717) is 19.0 Å². The standard InChI is InChI=1S/C15H26N4O2/c1-18-10-12(2-5-14(18)20)17-15(21)16-11-6-8-19(9-7-11)13-3-4-13/h11-13H,2-10H2,1H3,(H2,16,17,21). The molecule has 1 saturated carbocycles. The van der Waals surface area contributed by atoms with Gasteiger partial charge in [-0.1, -0.05) is 0 Å². The van der Waals surface area contributed by atoms with Gasteiger partial charge in [-0.15, -0.1) is 0 Å². The van der Waals surface area contributed by atoms with Gasteiger partial charge >= 0.3 is 6.03 Å². The number of hydrogen-bond donors (Lipinski definition) is 2. The first-order chi connectivity index (χ1) is 10.1. The predicted molar refractivity (Wildman–Crippen MR) is 79.9 cm³/mol. The van der Waals surface area contributed by atoms with Gasteiger partial charge in [-0.2, -0.15) is 0 Å². The van der Waals surface area contributed by atoms with Crippen molar-refractivity contribution in [2.45, 2.75) is 56.7 Å². The van der Waals surface area contributed by atoms with E-state index in [-0.39, 0.29) is 18.0 Å². The van der Waals surface area contributed by atoms with Crippen LogP contribution in [-0.4, -0.2) is 66.5 Å². The first kappa shape index (κ1) is 14.6. The highest BCUT2D eigenvalue weighted by atomic mass is 16.2. The number of piperidine rings is 2. The van der Waals surface area contributed by atoms with Crippen LogP contribution in [0.2, 0.25) is 0 Å². The number of rotatable bonds is 3. The lowest BCUT2D eigenvalue weighted by molar-refractivity contribution is -0.132. The zero-order valence-electron chi connectivity index (χ0n) is 12.8. The van der Waals surface area contributed by atoms with E-state index in [1.54, 1.807) is 11.9 Å². The maximum absolute atomic E-state index is 12.1. The van der Waals surface area contributed by atoms with Gasteiger partial charge in [-0.25, -0.2) is 4.79 Å². The molecule has 6 nitrogen and oxygen atoms in total. The Morgan fingerprint density at radius 1 is 1.05 bits per heavy atom. The zero-order valence-corrected chi connectivity index (χ0v) is 12.8. The number of nitrogens with one attached hydrogen (secondary N) is 2. The zero-order chi connectivity index (χ0) is 14.8. The minimum absolute atomic E-state index is 0.0763. The van der Waals surface area contributed by atoms with Crippen molar-refractivity contribution in [2.75, 3.05) is 26.7 Å². The molecule has 1 atom stereocenters. The Hall–Kier alpha value is -1.30. The van der Waals surface area contributed by atoms with Gasteiger partial charge in [0.05, 0.1) is 0 Å². The molecule has 3 amide bonds. The molecular weight excluding hydrogens is 268 g/mol. The Balaban J connectivity index is 1.37. The smallest absolute Gasteiger partial charge is 0.315 e. The number of urea groups is 1. The summed E-state index contributed by atoms with van der Waals surface area (Å²) < 4.78 is 0. The first-order valence-electron chi connectivity index (χ1n) is 8.17. The fraction of sp³-hybridized carbons (Fsp3) is 0.867. The Morgan fingerprint density at radius 3 is 2.33 bits per heavy atom. The molecule has 1 aliphatic carbocycles. The Kier molecular flexibility index (Phi) is 4.33. The maximum atomic E-state index is 12.1. The molecule has 0 spiro atoms. The first-order valence-corrected chi connectivity index (χ1v) is 8.17. The van der Waals surface area contributed by atoms with Crippen LogP contribution in [0, 0.1) is 0 Å².